The molecule has 0 spiro atoms. The molecular formula is C17H17N3OS. The molecule has 0 saturated carbocycles. The smallest absolute Gasteiger partial charge is 0.319 e. The molecule has 1 atom stereocenters. The molecule has 0 aliphatic rings. The van der Waals surface area contributed by atoms with Crippen LogP contribution in [0.15, 0.2) is 48.5 Å². The highest BCUT2D eigenvalue weighted by atomic mass is 32.1. The van der Waals surface area contributed by atoms with Crippen molar-refractivity contribution in [3.05, 3.63) is 59.1 Å². The number of urea groups is 1. The molecule has 4 nitrogen and oxygen atoms in total. The zero-order chi connectivity index (χ0) is 15.5. The summed E-state index contributed by atoms with van der Waals surface area (Å²) in [6.07, 6.45) is 0. The zero-order valence-electron chi connectivity index (χ0n) is 12.5. The number of fused-ring (bicyclic) bond motifs is 1. The number of amides is 2. The van der Waals surface area contributed by atoms with E-state index in [1.807, 2.05) is 62.4 Å². The minimum Gasteiger partial charge on any atom is -0.331 e. The third-order valence-electron chi connectivity index (χ3n) is 3.40. The molecule has 2 amide bonds. The highest BCUT2D eigenvalue weighted by Gasteiger charge is 2.10. The van der Waals surface area contributed by atoms with Crippen molar-refractivity contribution in [2.45, 2.75) is 19.9 Å². The average Bonchev–Trinajstić information content (AvgIpc) is 2.87. The van der Waals surface area contributed by atoms with E-state index >= 15 is 0 Å². The van der Waals surface area contributed by atoms with Crippen molar-refractivity contribution in [2.24, 2.45) is 0 Å². The first-order valence-corrected chi connectivity index (χ1v) is 7.93. The van der Waals surface area contributed by atoms with Crippen LogP contribution in [0.1, 0.15) is 23.5 Å². The Morgan fingerprint density at radius 2 is 1.95 bits per heavy atom. The van der Waals surface area contributed by atoms with E-state index in [0.29, 0.717) is 0 Å². The highest BCUT2D eigenvalue weighted by molar-refractivity contribution is 7.18. The van der Waals surface area contributed by atoms with Crippen molar-refractivity contribution < 1.29 is 4.79 Å². The van der Waals surface area contributed by atoms with Gasteiger partial charge >= 0.3 is 6.03 Å². The predicted molar refractivity (Wildman–Crippen MR) is 91.4 cm³/mol. The summed E-state index contributed by atoms with van der Waals surface area (Å²) >= 11 is 1.65. The lowest BCUT2D eigenvalue weighted by molar-refractivity contribution is 0.249. The minimum atomic E-state index is -0.220. The van der Waals surface area contributed by atoms with Crippen molar-refractivity contribution in [3.63, 3.8) is 0 Å². The van der Waals surface area contributed by atoms with E-state index in [-0.39, 0.29) is 12.1 Å². The fourth-order valence-electron chi connectivity index (χ4n) is 2.31. The Kier molecular flexibility index (Phi) is 4.06. The van der Waals surface area contributed by atoms with Crippen LogP contribution in [0.25, 0.3) is 10.2 Å². The maximum absolute atomic E-state index is 12.1. The number of aromatic nitrogens is 1. The summed E-state index contributed by atoms with van der Waals surface area (Å²) in [6.45, 7) is 3.94. The van der Waals surface area contributed by atoms with Gasteiger partial charge in [-0.1, -0.05) is 30.3 Å². The van der Waals surface area contributed by atoms with Gasteiger partial charge < -0.3 is 10.6 Å². The van der Waals surface area contributed by atoms with Gasteiger partial charge in [0.15, 0.2) is 0 Å². The van der Waals surface area contributed by atoms with Gasteiger partial charge in [-0.2, -0.15) is 0 Å². The average molecular weight is 311 g/mol. The van der Waals surface area contributed by atoms with Crippen LogP contribution < -0.4 is 10.6 Å². The lowest BCUT2D eigenvalue weighted by Gasteiger charge is -2.15. The first-order valence-electron chi connectivity index (χ1n) is 7.11. The summed E-state index contributed by atoms with van der Waals surface area (Å²) in [5.74, 6) is 0. The van der Waals surface area contributed by atoms with Gasteiger partial charge in [0.05, 0.1) is 21.3 Å². The van der Waals surface area contributed by atoms with Crippen LogP contribution in [0, 0.1) is 6.92 Å². The van der Waals surface area contributed by atoms with Gasteiger partial charge in [-0.15, -0.1) is 11.3 Å². The van der Waals surface area contributed by atoms with Crippen molar-refractivity contribution in [3.8, 4) is 0 Å². The molecule has 0 aliphatic carbocycles. The molecule has 22 heavy (non-hydrogen) atoms. The Bertz CT molecular complexity index is 798. The maximum atomic E-state index is 12.1. The van der Waals surface area contributed by atoms with E-state index in [1.54, 1.807) is 11.3 Å². The Morgan fingerprint density at radius 1 is 1.18 bits per heavy atom. The molecule has 3 aromatic rings. The fourth-order valence-corrected chi connectivity index (χ4v) is 3.12. The molecular weight excluding hydrogens is 294 g/mol. The van der Waals surface area contributed by atoms with E-state index in [0.717, 1.165) is 26.5 Å². The number of rotatable bonds is 3. The van der Waals surface area contributed by atoms with Crippen molar-refractivity contribution in [2.75, 3.05) is 5.32 Å². The topological polar surface area (TPSA) is 54.0 Å². The number of benzene rings is 2. The SMILES string of the molecule is Cc1nc2cc(NC(=O)N[C@@H](C)c3ccccc3)ccc2s1. The number of carbonyl (C=O) groups excluding carboxylic acids is 1. The molecule has 2 aromatic carbocycles. The molecule has 1 aromatic heterocycles. The molecule has 0 unspecified atom stereocenters. The number of hydrogen-bond donors (Lipinski definition) is 2. The Balaban J connectivity index is 1.67. The van der Waals surface area contributed by atoms with Crippen LogP contribution >= 0.6 is 11.3 Å². The van der Waals surface area contributed by atoms with Gasteiger partial charge in [-0.05, 0) is 37.6 Å². The largest absolute Gasteiger partial charge is 0.331 e. The summed E-state index contributed by atoms with van der Waals surface area (Å²) in [5, 5.41) is 6.81. The van der Waals surface area contributed by atoms with Gasteiger partial charge in [0.2, 0.25) is 0 Å². The molecule has 0 saturated heterocycles. The summed E-state index contributed by atoms with van der Waals surface area (Å²) in [6, 6.07) is 15.4. The third-order valence-corrected chi connectivity index (χ3v) is 4.35. The Hall–Kier alpha value is -2.40. The number of nitrogens with one attached hydrogen (secondary N) is 2. The second kappa shape index (κ2) is 6.15. The van der Waals surface area contributed by atoms with Gasteiger partial charge in [-0.3, -0.25) is 0 Å². The molecule has 0 radical (unpaired) electrons. The number of aryl methyl sites for hydroxylation is 1. The quantitative estimate of drug-likeness (QED) is 0.749. The van der Waals surface area contributed by atoms with E-state index in [9.17, 15) is 4.79 Å². The fraction of sp³-hybridized carbons (Fsp3) is 0.176. The molecule has 0 aliphatic heterocycles. The number of thiazole rings is 1. The van der Waals surface area contributed by atoms with Crippen LogP contribution in [-0.4, -0.2) is 11.0 Å². The number of carbonyl (C=O) groups is 1. The summed E-state index contributed by atoms with van der Waals surface area (Å²) in [7, 11) is 0. The van der Waals surface area contributed by atoms with Gasteiger partial charge in [0, 0.05) is 5.69 Å². The molecule has 1 heterocycles. The predicted octanol–water partition coefficient (Wildman–Crippen LogP) is 4.49. The zero-order valence-corrected chi connectivity index (χ0v) is 13.3. The number of nitrogens with zero attached hydrogens (tertiary/aromatic N) is 1. The molecule has 5 heteroatoms. The number of hydrogen-bond acceptors (Lipinski definition) is 3. The van der Waals surface area contributed by atoms with E-state index in [2.05, 4.69) is 15.6 Å². The Morgan fingerprint density at radius 3 is 2.73 bits per heavy atom. The van der Waals surface area contributed by atoms with Crippen LogP contribution in [0.2, 0.25) is 0 Å². The summed E-state index contributed by atoms with van der Waals surface area (Å²) in [4.78, 5) is 16.5. The molecule has 112 valence electrons. The molecule has 0 fully saturated rings. The molecule has 3 rings (SSSR count). The van der Waals surface area contributed by atoms with Crippen LogP contribution in [0.4, 0.5) is 10.5 Å². The van der Waals surface area contributed by atoms with Crippen molar-refractivity contribution in [1.29, 1.82) is 0 Å². The standard InChI is InChI=1S/C17H17N3OS/c1-11(13-6-4-3-5-7-13)18-17(21)20-14-8-9-16-15(10-14)19-12(2)22-16/h3-11H,1-2H3,(H2,18,20,21)/t11-/m0/s1. The van der Waals surface area contributed by atoms with Gasteiger partial charge in [-0.25, -0.2) is 9.78 Å². The monoisotopic (exact) mass is 311 g/mol. The molecule has 0 bridgehead atoms. The Labute approximate surface area is 133 Å². The van der Waals surface area contributed by atoms with Crippen LogP contribution in [0.3, 0.4) is 0 Å². The minimum absolute atomic E-state index is 0.0496. The van der Waals surface area contributed by atoms with Gasteiger partial charge in [0.1, 0.15) is 0 Å². The maximum Gasteiger partial charge on any atom is 0.319 e. The van der Waals surface area contributed by atoms with E-state index < -0.39 is 0 Å². The van der Waals surface area contributed by atoms with Crippen molar-refractivity contribution in [1.82, 2.24) is 10.3 Å². The van der Waals surface area contributed by atoms with Crippen LogP contribution in [0.5, 0.6) is 0 Å². The normalized spacial score (nSPS) is 12.1. The first kappa shape index (κ1) is 14.5. The highest BCUT2D eigenvalue weighted by Crippen LogP contribution is 2.24. The first-order chi connectivity index (χ1) is 10.6. The molecule has 2 N–H and O–H groups in total. The van der Waals surface area contributed by atoms with E-state index in [1.165, 1.54) is 0 Å². The van der Waals surface area contributed by atoms with Gasteiger partial charge in [0.25, 0.3) is 0 Å². The summed E-state index contributed by atoms with van der Waals surface area (Å²) in [5.41, 5.74) is 2.73. The second-order valence-electron chi connectivity index (χ2n) is 5.15. The lowest BCUT2D eigenvalue weighted by atomic mass is 10.1. The van der Waals surface area contributed by atoms with E-state index in [4.69, 9.17) is 0 Å². The van der Waals surface area contributed by atoms with Crippen LogP contribution in [-0.2, 0) is 0 Å². The number of anilines is 1. The summed E-state index contributed by atoms with van der Waals surface area (Å²) < 4.78 is 1.13. The van der Waals surface area contributed by atoms with Crippen molar-refractivity contribution >= 4 is 33.3 Å². The lowest BCUT2D eigenvalue weighted by Crippen LogP contribution is -2.31. The second-order valence-corrected chi connectivity index (χ2v) is 6.38. The third kappa shape index (κ3) is 3.26.